The first-order chi connectivity index (χ1) is 15.0. The fourth-order valence-corrected chi connectivity index (χ4v) is 3.75. The van der Waals surface area contributed by atoms with Gasteiger partial charge in [-0.15, -0.1) is 0 Å². The number of ether oxygens (including phenoxy) is 1. The number of hydrogen-bond acceptors (Lipinski definition) is 6. The van der Waals surface area contributed by atoms with Crippen LogP contribution in [-0.4, -0.2) is 33.3 Å². The SMILES string of the molecule is CCOc1ccc(Cl)c(/C(O)=C2/C(=O)C(=O)N(Cc3ccccn3)C2c2ccco2)c1. The van der Waals surface area contributed by atoms with Crippen LogP contribution in [0.5, 0.6) is 5.75 Å². The second-order valence-electron chi connectivity index (χ2n) is 6.84. The van der Waals surface area contributed by atoms with Gasteiger partial charge in [0.25, 0.3) is 11.7 Å². The van der Waals surface area contributed by atoms with Crippen molar-refractivity contribution < 1.29 is 23.8 Å². The largest absolute Gasteiger partial charge is 0.507 e. The number of carbonyl (C=O) groups excluding carboxylic acids is 2. The molecule has 2 aromatic heterocycles. The van der Waals surface area contributed by atoms with Gasteiger partial charge in [-0.25, -0.2) is 0 Å². The molecule has 0 bridgehead atoms. The van der Waals surface area contributed by atoms with Crippen molar-refractivity contribution in [2.45, 2.75) is 19.5 Å². The van der Waals surface area contributed by atoms with Crippen LogP contribution in [-0.2, 0) is 16.1 Å². The maximum atomic E-state index is 13.0. The summed E-state index contributed by atoms with van der Waals surface area (Å²) in [5.74, 6) is -1.16. The second kappa shape index (κ2) is 8.65. The van der Waals surface area contributed by atoms with Crippen molar-refractivity contribution in [2.24, 2.45) is 0 Å². The van der Waals surface area contributed by atoms with Gasteiger partial charge in [0.2, 0.25) is 0 Å². The molecule has 1 unspecified atom stereocenters. The van der Waals surface area contributed by atoms with E-state index >= 15 is 0 Å². The van der Waals surface area contributed by atoms with Crippen molar-refractivity contribution >= 4 is 29.1 Å². The molecule has 158 valence electrons. The van der Waals surface area contributed by atoms with E-state index in [1.165, 1.54) is 17.2 Å². The molecule has 0 spiro atoms. The van der Waals surface area contributed by atoms with E-state index in [1.807, 2.05) is 6.92 Å². The lowest BCUT2D eigenvalue weighted by molar-refractivity contribution is -0.140. The third kappa shape index (κ3) is 3.92. The molecule has 1 aliphatic rings. The third-order valence-electron chi connectivity index (χ3n) is 4.92. The highest BCUT2D eigenvalue weighted by Gasteiger charge is 2.47. The molecule has 1 atom stereocenters. The number of pyridine rings is 1. The first-order valence-corrected chi connectivity index (χ1v) is 10.0. The molecule has 7 nitrogen and oxygen atoms in total. The van der Waals surface area contributed by atoms with Crippen molar-refractivity contribution in [3.8, 4) is 5.75 Å². The molecule has 1 aromatic carbocycles. The third-order valence-corrected chi connectivity index (χ3v) is 5.24. The molecule has 3 aromatic rings. The van der Waals surface area contributed by atoms with Crippen LogP contribution >= 0.6 is 11.6 Å². The van der Waals surface area contributed by atoms with Crippen LogP contribution in [0.2, 0.25) is 5.02 Å². The van der Waals surface area contributed by atoms with Crippen molar-refractivity contribution in [1.82, 2.24) is 9.88 Å². The van der Waals surface area contributed by atoms with E-state index < -0.39 is 23.5 Å². The number of aliphatic hydroxyl groups excluding tert-OH is 1. The Hall–Kier alpha value is -3.58. The van der Waals surface area contributed by atoms with Crippen molar-refractivity contribution in [3.63, 3.8) is 0 Å². The van der Waals surface area contributed by atoms with Gasteiger partial charge in [-0.1, -0.05) is 17.7 Å². The van der Waals surface area contributed by atoms with E-state index in [0.29, 0.717) is 23.8 Å². The summed E-state index contributed by atoms with van der Waals surface area (Å²) in [5.41, 5.74) is 0.684. The highest BCUT2D eigenvalue weighted by atomic mass is 35.5. The number of Topliss-reactive ketones (excluding diaryl/α,β-unsaturated/α-hetero) is 1. The Kier molecular flexibility index (Phi) is 5.77. The molecule has 31 heavy (non-hydrogen) atoms. The van der Waals surface area contributed by atoms with E-state index in [2.05, 4.69) is 4.98 Å². The van der Waals surface area contributed by atoms with Crippen LogP contribution < -0.4 is 4.74 Å². The number of nitrogens with zero attached hydrogens (tertiary/aromatic N) is 2. The summed E-state index contributed by atoms with van der Waals surface area (Å²) in [6.07, 6.45) is 3.05. The molecule has 1 fully saturated rings. The summed E-state index contributed by atoms with van der Waals surface area (Å²) in [4.78, 5) is 31.5. The van der Waals surface area contributed by atoms with Crippen LogP contribution in [0.25, 0.3) is 5.76 Å². The van der Waals surface area contributed by atoms with Crippen LogP contribution in [0.1, 0.15) is 30.0 Å². The number of rotatable bonds is 6. The highest BCUT2D eigenvalue weighted by Crippen LogP contribution is 2.41. The number of aliphatic hydroxyl groups is 1. The van der Waals surface area contributed by atoms with Crippen molar-refractivity contribution in [2.75, 3.05) is 6.61 Å². The van der Waals surface area contributed by atoms with E-state index in [9.17, 15) is 14.7 Å². The minimum absolute atomic E-state index is 0.0697. The average Bonchev–Trinajstić information content (AvgIpc) is 3.38. The maximum absolute atomic E-state index is 13.0. The zero-order chi connectivity index (χ0) is 22.0. The topological polar surface area (TPSA) is 92.9 Å². The van der Waals surface area contributed by atoms with E-state index in [-0.39, 0.29) is 22.7 Å². The molecule has 1 N–H and O–H groups in total. The average molecular weight is 439 g/mol. The van der Waals surface area contributed by atoms with Crippen molar-refractivity contribution in [1.29, 1.82) is 0 Å². The fourth-order valence-electron chi connectivity index (χ4n) is 3.54. The molecule has 4 rings (SSSR count). The van der Waals surface area contributed by atoms with Gasteiger partial charge >= 0.3 is 0 Å². The van der Waals surface area contributed by atoms with Gasteiger partial charge in [-0.05, 0) is 49.4 Å². The fraction of sp³-hybridized carbons (Fsp3) is 0.174. The molecule has 0 radical (unpaired) electrons. The number of likely N-dealkylation sites (tertiary alicyclic amines) is 1. The Bertz CT molecular complexity index is 1140. The standard InChI is InChI=1S/C23H19ClN2O5/c1-2-30-15-8-9-17(24)16(12-15)21(27)19-20(18-7-5-11-31-18)26(23(29)22(19)28)13-14-6-3-4-10-25-14/h3-12,20,27H,2,13H2,1H3/b21-19-. The Morgan fingerprint density at radius 3 is 2.74 bits per heavy atom. The molecule has 1 aliphatic heterocycles. The van der Waals surface area contributed by atoms with Crippen LogP contribution in [0.4, 0.5) is 0 Å². The minimum atomic E-state index is -0.927. The monoisotopic (exact) mass is 438 g/mol. The number of amides is 1. The number of aromatic nitrogens is 1. The normalized spacial score (nSPS) is 17.9. The van der Waals surface area contributed by atoms with Gasteiger partial charge in [0.1, 0.15) is 23.3 Å². The van der Waals surface area contributed by atoms with Gasteiger partial charge in [0.15, 0.2) is 0 Å². The number of hydrogen-bond donors (Lipinski definition) is 1. The van der Waals surface area contributed by atoms with Crippen LogP contribution in [0.15, 0.2) is 71.0 Å². The summed E-state index contributed by atoms with van der Waals surface area (Å²) in [6, 6.07) is 12.4. The lowest BCUT2D eigenvalue weighted by atomic mass is 9.99. The quantitative estimate of drug-likeness (QED) is 0.349. The molecule has 3 heterocycles. The first-order valence-electron chi connectivity index (χ1n) is 9.65. The van der Waals surface area contributed by atoms with Gasteiger partial charge in [-0.2, -0.15) is 0 Å². The predicted molar refractivity (Wildman–Crippen MR) is 113 cm³/mol. The maximum Gasteiger partial charge on any atom is 0.296 e. The summed E-state index contributed by atoms with van der Waals surface area (Å²) >= 11 is 6.30. The summed E-state index contributed by atoms with van der Waals surface area (Å²) in [5, 5.41) is 11.3. The summed E-state index contributed by atoms with van der Waals surface area (Å²) < 4.78 is 11.0. The predicted octanol–water partition coefficient (Wildman–Crippen LogP) is 4.35. The van der Waals surface area contributed by atoms with E-state index in [4.69, 9.17) is 20.8 Å². The smallest absolute Gasteiger partial charge is 0.296 e. The zero-order valence-corrected chi connectivity index (χ0v) is 17.4. The van der Waals surface area contributed by atoms with Gasteiger partial charge in [0.05, 0.1) is 35.7 Å². The van der Waals surface area contributed by atoms with Crippen molar-refractivity contribution in [3.05, 3.63) is 88.6 Å². The number of benzene rings is 1. The van der Waals surface area contributed by atoms with Crippen LogP contribution in [0, 0.1) is 0 Å². The summed E-state index contributed by atoms with van der Waals surface area (Å²) in [7, 11) is 0. The Balaban J connectivity index is 1.85. The molecule has 0 aliphatic carbocycles. The van der Waals surface area contributed by atoms with E-state index in [0.717, 1.165) is 0 Å². The van der Waals surface area contributed by atoms with Crippen LogP contribution in [0.3, 0.4) is 0 Å². The molecular formula is C23H19ClN2O5. The first kappa shape index (κ1) is 20.7. The minimum Gasteiger partial charge on any atom is -0.507 e. The zero-order valence-electron chi connectivity index (χ0n) is 16.6. The number of carbonyl (C=O) groups is 2. The van der Waals surface area contributed by atoms with E-state index in [1.54, 1.807) is 48.7 Å². The Morgan fingerprint density at radius 1 is 1.23 bits per heavy atom. The number of ketones is 1. The number of halogens is 1. The molecular weight excluding hydrogens is 420 g/mol. The Morgan fingerprint density at radius 2 is 2.06 bits per heavy atom. The molecule has 0 saturated carbocycles. The van der Waals surface area contributed by atoms with Gasteiger partial charge in [0, 0.05) is 11.8 Å². The summed E-state index contributed by atoms with van der Waals surface area (Å²) in [6.45, 7) is 2.32. The lowest BCUT2D eigenvalue weighted by Gasteiger charge is -2.23. The lowest BCUT2D eigenvalue weighted by Crippen LogP contribution is -2.29. The second-order valence-corrected chi connectivity index (χ2v) is 7.25. The highest BCUT2D eigenvalue weighted by molar-refractivity contribution is 6.46. The van der Waals surface area contributed by atoms with Gasteiger partial charge < -0.3 is 19.2 Å². The molecule has 1 amide bonds. The molecule has 1 saturated heterocycles. The van der Waals surface area contributed by atoms with Gasteiger partial charge in [-0.3, -0.25) is 14.6 Å². The number of furan rings is 1. The Labute approximate surface area is 183 Å². The molecule has 8 heteroatoms.